The van der Waals surface area contributed by atoms with Gasteiger partial charge in [-0.1, -0.05) is 31.5 Å². The maximum absolute atomic E-state index is 5.79. The third kappa shape index (κ3) is 2.92. The van der Waals surface area contributed by atoms with Crippen LogP contribution in [0.25, 0.3) is 5.69 Å². The van der Waals surface area contributed by atoms with Gasteiger partial charge in [0.15, 0.2) is 5.82 Å². The molecule has 2 rings (SSSR count). The highest BCUT2D eigenvalue weighted by Crippen LogP contribution is 2.14. The van der Waals surface area contributed by atoms with E-state index >= 15 is 0 Å². The molecular formula is C13H19N5. The Morgan fingerprint density at radius 2 is 2.06 bits per heavy atom. The van der Waals surface area contributed by atoms with Crippen molar-refractivity contribution in [2.24, 2.45) is 11.7 Å². The number of hydrogen-bond acceptors (Lipinski definition) is 4. The molecule has 96 valence electrons. The number of benzene rings is 1. The fourth-order valence-corrected chi connectivity index (χ4v) is 2.07. The normalized spacial score (nSPS) is 12.6. The van der Waals surface area contributed by atoms with Crippen molar-refractivity contribution in [2.75, 3.05) is 6.54 Å². The van der Waals surface area contributed by atoms with Crippen molar-refractivity contribution in [3.8, 4) is 5.69 Å². The number of rotatable bonds is 6. The van der Waals surface area contributed by atoms with Crippen molar-refractivity contribution >= 4 is 0 Å². The van der Waals surface area contributed by atoms with Crippen LogP contribution in [0.2, 0.25) is 0 Å². The Hall–Kier alpha value is -1.75. The summed E-state index contributed by atoms with van der Waals surface area (Å²) in [6.45, 7) is 2.85. The molecule has 18 heavy (non-hydrogen) atoms. The van der Waals surface area contributed by atoms with Crippen molar-refractivity contribution in [3.05, 3.63) is 36.2 Å². The third-order valence-corrected chi connectivity index (χ3v) is 3.04. The van der Waals surface area contributed by atoms with Crippen LogP contribution in [0.1, 0.15) is 25.6 Å². The minimum atomic E-state index is 0.448. The number of nitrogens with two attached hydrogens (primary N) is 1. The molecule has 0 aliphatic rings. The second-order valence-corrected chi connectivity index (χ2v) is 4.44. The fourth-order valence-electron chi connectivity index (χ4n) is 2.07. The molecule has 0 aliphatic heterocycles. The molecule has 5 nitrogen and oxygen atoms in total. The van der Waals surface area contributed by atoms with Crippen LogP contribution in [0.4, 0.5) is 0 Å². The van der Waals surface area contributed by atoms with E-state index < -0.39 is 0 Å². The second-order valence-electron chi connectivity index (χ2n) is 4.44. The average molecular weight is 245 g/mol. The van der Waals surface area contributed by atoms with Crippen molar-refractivity contribution < 1.29 is 0 Å². The summed E-state index contributed by atoms with van der Waals surface area (Å²) in [5, 5.41) is 11.9. The van der Waals surface area contributed by atoms with Crippen LogP contribution in [0, 0.1) is 5.92 Å². The summed E-state index contributed by atoms with van der Waals surface area (Å²) < 4.78 is 1.79. The van der Waals surface area contributed by atoms with Gasteiger partial charge in [0, 0.05) is 6.42 Å². The quantitative estimate of drug-likeness (QED) is 0.839. The summed E-state index contributed by atoms with van der Waals surface area (Å²) in [4.78, 5) is 0. The topological polar surface area (TPSA) is 69.6 Å². The van der Waals surface area contributed by atoms with Crippen molar-refractivity contribution in [3.63, 3.8) is 0 Å². The van der Waals surface area contributed by atoms with Gasteiger partial charge >= 0.3 is 0 Å². The number of tetrazole rings is 1. The monoisotopic (exact) mass is 245 g/mol. The molecule has 0 amide bonds. The molecule has 1 aromatic heterocycles. The minimum Gasteiger partial charge on any atom is -0.330 e. The molecule has 0 fully saturated rings. The first-order valence-corrected chi connectivity index (χ1v) is 6.38. The van der Waals surface area contributed by atoms with Gasteiger partial charge in [0.25, 0.3) is 0 Å². The molecular weight excluding hydrogens is 226 g/mol. The van der Waals surface area contributed by atoms with E-state index in [0.717, 1.165) is 30.8 Å². The molecule has 1 atom stereocenters. The molecule has 5 heteroatoms. The van der Waals surface area contributed by atoms with Crippen molar-refractivity contribution in [2.45, 2.75) is 26.2 Å². The Balaban J connectivity index is 2.18. The van der Waals surface area contributed by atoms with Gasteiger partial charge in [-0.05, 0) is 41.4 Å². The largest absolute Gasteiger partial charge is 0.330 e. The SMILES string of the molecule is CCCC(CN)Cc1nnnn1-c1ccccc1. The molecule has 0 saturated carbocycles. The van der Waals surface area contributed by atoms with E-state index in [1.165, 1.54) is 0 Å². The lowest BCUT2D eigenvalue weighted by Crippen LogP contribution is -2.19. The van der Waals surface area contributed by atoms with Gasteiger partial charge in [0.1, 0.15) is 0 Å². The first kappa shape index (κ1) is 12.7. The Morgan fingerprint density at radius 1 is 1.28 bits per heavy atom. The Labute approximate surface area is 107 Å². The lowest BCUT2D eigenvalue weighted by Gasteiger charge is -2.12. The van der Waals surface area contributed by atoms with Gasteiger partial charge in [-0.3, -0.25) is 0 Å². The number of aromatic nitrogens is 4. The van der Waals surface area contributed by atoms with Crippen LogP contribution in [0.15, 0.2) is 30.3 Å². The molecule has 2 N–H and O–H groups in total. The van der Waals surface area contributed by atoms with Gasteiger partial charge < -0.3 is 5.73 Å². The average Bonchev–Trinajstić information content (AvgIpc) is 2.87. The van der Waals surface area contributed by atoms with E-state index in [4.69, 9.17) is 5.73 Å². The lowest BCUT2D eigenvalue weighted by atomic mass is 10.00. The fraction of sp³-hybridized carbons (Fsp3) is 0.462. The molecule has 0 radical (unpaired) electrons. The molecule has 1 unspecified atom stereocenters. The zero-order valence-corrected chi connectivity index (χ0v) is 10.7. The van der Waals surface area contributed by atoms with Crippen LogP contribution < -0.4 is 5.73 Å². The summed E-state index contributed by atoms with van der Waals surface area (Å²) in [7, 11) is 0. The summed E-state index contributed by atoms with van der Waals surface area (Å²) in [6, 6.07) is 9.93. The first-order chi connectivity index (χ1) is 8.85. The first-order valence-electron chi connectivity index (χ1n) is 6.38. The third-order valence-electron chi connectivity index (χ3n) is 3.04. The Kier molecular flexibility index (Phi) is 4.41. The summed E-state index contributed by atoms with van der Waals surface area (Å²) in [5.74, 6) is 1.33. The summed E-state index contributed by atoms with van der Waals surface area (Å²) >= 11 is 0. The van der Waals surface area contributed by atoms with Crippen LogP contribution in [-0.2, 0) is 6.42 Å². The molecule has 0 spiro atoms. The van der Waals surface area contributed by atoms with E-state index in [1.807, 2.05) is 30.3 Å². The van der Waals surface area contributed by atoms with Crippen molar-refractivity contribution in [1.82, 2.24) is 20.2 Å². The van der Waals surface area contributed by atoms with E-state index in [1.54, 1.807) is 4.68 Å². The second kappa shape index (κ2) is 6.26. The number of nitrogens with zero attached hydrogens (tertiary/aromatic N) is 4. The zero-order chi connectivity index (χ0) is 12.8. The molecule has 1 aromatic carbocycles. The summed E-state index contributed by atoms with van der Waals surface area (Å²) in [5.41, 5.74) is 6.78. The molecule has 0 aliphatic carbocycles. The smallest absolute Gasteiger partial charge is 0.157 e. The van der Waals surface area contributed by atoms with E-state index in [9.17, 15) is 0 Å². The Bertz CT molecular complexity index is 465. The minimum absolute atomic E-state index is 0.448. The van der Waals surface area contributed by atoms with Gasteiger partial charge in [0.2, 0.25) is 0 Å². The van der Waals surface area contributed by atoms with E-state index in [0.29, 0.717) is 12.5 Å². The van der Waals surface area contributed by atoms with Crippen LogP contribution in [0.3, 0.4) is 0 Å². The van der Waals surface area contributed by atoms with Gasteiger partial charge in [-0.2, -0.15) is 4.68 Å². The predicted octanol–water partition coefficient (Wildman–Crippen LogP) is 1.58. The standard InChI is InChI=1S/C13H19N5/c1-2-6-11(10-14)9-13-15-16-17-18(13)12-7-4-3-5-8-12/h3-5,7-8,11H,2,6,9-10,14H2,1H3. The maximum atomic E-state index is 5.79. The zero-order valence-electron chi connectivity index (χ0n) is 10.7. The van der Waals surface area contributed by atoms with Crippen LogP contribution in [0.5, 0.6) is 0 Å². The molecule has 1 heterocycles. The highest BCUT2D eigenvalue weighted by molar-refractivity contribution is 5.30. The van der Waals surface area contributed by atoms with Gasteiger partial charge in [-0.15, -0.1) is 5.10 Å². The van der Waals surface area contributed by atoms with Crippen LogP contribution in [-0.4, -0.2) is 26.8 Å². The molecule has 0 saturated heterocycles. The van der Waals surface area contributed by atoms with Gasteiger partial charge in [-0.25, -0.2) is 0 Å². The van der Waals surface area contributed by atoms with E-state index in [-0.39, 0.29) is 0 Å². The lowest BCUT2D eigenvalue weighted by molar-refractivity contribution is 0.471. The maximum Gasteiger partial charge on any atom is 0.157 e. The van der Waals surface area contributed by atoms with Crippen molar-refractivity contribution in [1.29, 1.82) is 0 Å². The highest BCUT2D eigenvalue weighted by Gasteiger charge is 2.13. The highest BCUT2D eigenvalue weighted by atomic mass is 15.5. The predicted molar refractivity (Wildman–Crippen MR) is 70.3 cm³/mol. The molecule has 0 bridgehead atoms. The van der Waals surface area contributed by atoms with E-state index in [2.05, 4.69) is 22.4 Å². The summed E-state index contributed by atoms with van der Waals surface area (Å²) in [6.07, 6.45) is 3.07. The Morgan fingerprint density at radius 3 is 2.72 bits per heavy atom. The van der Waals surface area contributed by atoms with Crippen LogP contribution >= 0.6 is 0 Å². The molecule has 2 aromatic rings. The number of hydrogen-bond donors (Lipinski definition) is 1. The number of para-hydroxylation sites is 1. The van der Waals surface area contributed by atoms with Gasteiger partial charge in [0.05, 0.1) is 5.69 Å².